The minimum absolute atomic E-state index is 0.169. The van der Waals surface area contributed by atoms with E-state index in [0.717, 1.165) is 0 Å². The van der Waals surface area contributed by atoms with Crippen molar-refractivity contribution in [2.75, 3.05) is 33.5 Å². The van der Waals surface area contributed by atoms with Gasteiger partial charge < -0.3 is 19.9 Å². The highest BCUT2D eigenvalue weighted by molar-refractivity contribution is 5.75. The number of nitrogens with two attached hydrogens (primary N) is 1. The summed E-state index contributed by atoms with van der Waals surface area (Å²) in [6.45, 7) is 3.17. The first kappa shape index (κ1) is 12.3. The van der Waals surface area contributed by atoms with E-state index in [1.165, 1.54) is 0 Å². The van der Waals surface area contributed by atoms with Crippen molar-refractivity contribution in [3.63, 3.8) is 0 Å². The van der Waals surface area contributed by atoms with E-state index >= 15 is 0 Å². The molecule has 2 N–H and O–H groups in total. The third-order valence-electron chi connectivity index (χ3n) is 1.32. The molecule has 0 aliphatic rings. The molecule has 0 heterocycles. The first-order valence-corrected chi connectivity index (χ1v) is 4.21. The van der Waals surface area contributed by atoms with Gasteiger partial charge in [-0.05, 0) is 6.92 Å². The van der Waals surface area contributed by atoms with Gasteiger partial charge in [0.05, 0.1) is 26.4 Å². The van der Waals surface area contributed by atoms with E-state index in [4.69, 9.17) is 15.2 Å². The van der Waals surface area contributed by atoms with Gasteiger partial charge in [-0.25, -0.2) is 0 Å². The molecule has 0 rings (SSSR count). The third kappa shape index (κ3) is 6.51. The van der Waals surface area contributed by atoms with Crippen LogP contribution < -0.4 is 5.73 Å². The molecule has 0 radical (unpaired) electrons. The van der Waals surface area contributed by atoms with Crippen molar-refractivity contribution < 1.29 is 19.0 Å². The molecule has 0 aromatic heterocycles. The van der Waals surface area contributed by atoms with Crippen LogP contribution in [0.2, 0.25) is 0 Å². The zero-order valence-corrected chi connectivity index (χ0v) is 8.12. The van der Waals surface area contributed by atoms with Crippen LogP contribution in [0.4, 0.5) is 0 Å². The molecule has 0 aromatic rings. The molecule has 0 saturated carbocycles. The Bertz CT molecular complexity index is 140. The third-order valence-corrected chi connectivity index (χ3v) is 1.32. The topological polar surface area (TPSA) is 70.8 Å². The van der Waals surface area contributed by atoms with E-state index in [1.807, 2.05) is 0 Å². The molecule has 13 heavy (non-hydrogen) atoms. The van der Waals surface area contributed by atoms with Crippen molar-refractivity contribution in [1.82, 2.24) is 0 Å². The monoisotopic (exact) mass is 191 g/mol. The molecule has 1 atom stereocenters. The fourth-order valence-electron chi connectivity index (χ4n) is 0.670. The van der Waals surface area contributed by atoms with Crippen LogP contribution in [-0.2, 0) is 19.0 Å². The molecule has 0 amide bonds. The van der Waals surface area contributed by atoms with Crippen LogP contribution in [0.1, 0.15) is 6.92 Å². The van der Waals surface area contributed by atoms with Crippen LogP contribution in [0.15, 0.2) is 0 Å². The maximum absolute atomic E-state index is 10.9. The number of carbonyl (C=O) groups is 1. The van der Waals surface area contributed by atoms with Crippen LogP contribution in [0.5, 0.6) is 0 Å². The Morgan fingerprint density at radius 2 is 2.15 bits per heavy atom. The van der Waals surface area contributed by atoms with Crippen LogP contribution in [-0.4, -0.2) is 45.5 Å². The van der Waals surface area contributed by atoms with Gasteiger partial charge >= 0.3 is 5.97 Å². The van der Waals surface area contributed by atoms with Gasteiger partial charge in [-0.3, -0.25) is 4.79 Å². The second-order valence-electron chi connectivity index (χ2n) is 2.43. The molecular formula is C8H17NO4. The Morgan fingerprint density at radius 1 is 1.46 bits per heavy atom. The normalized spacial score (nSPS) is 12.5. The maximum Gasteiger partial charge on any atom is 0.325 e. The molecule has 0 saturated heterocycles. The largest absolute Gasteiger partial charge is 0.465 e. The molecule has 0 spiro atoms. The van der Waals surface area contributed by atoms with Gasteiger partial charge in [0, 0.05) is 7.11 Å². The van der Waals surface area contributed by atoms with Gasteiger partial charge in [0.15, 0.2) is 0 Å². The lowest BCUT2D eigenvalue weighted by Crippen LogP contribution is -2.37. The molecule has 5 nitrogen and oxygen atoms in total. The SMILES string of the molecule is CCOC(=O)[C@@H](N)COCCOC. The highest BCUT2D eigenvalue weighted by Crippen LogP contribution is 1.87. The number of hydrogen-bond donors (Lipinski definition) is 1. The fourth-order valence-corrected chi connectivity index (χ4v) is 0.670. The lowest BCUT2D eigenvalue weighted by atomic mass is 10.3. The summed E-state index contributed by atoms with van der Waals surface area (Å²) < 4.78 is 14.5. The smallest absolute Gasteiger partial charge is 0.325 e. The summed E-state index contributed by atoms with van der Waals surface area (Å²) in [5.41, 5.74) is 5.45. The Hall–Kier alpha value is -0.650. The Labute approximate surface area is 78.1 Å². The van der Waals surface area contributed by atoms with Gasteiger partial charge in [0.25, 0.3) is 0 Å². The predicted octanol–water partition coefficient (Wildman–Crippen LogP) is -0.460. The molecule has 78 valence electrons. The minimum Gasteiger partial charge on any atom is -0.465 e. The van der Waals surface area contributed by atoms with Gasteiger partial charge in [0.2, 0.25) is 0 Å². The molecule has 0 fully saturated rings. The molecule has 5 heteroatoms. The summed E-state index contributed by atoms with van der Waals surface area (Å²) in [6.07, 6.45) is 0. The predicted molar refractivity (Wildman–Crippen MR) is 47.3 cm³/mol. The van der Waals surface area contributed by atoms with E-state index in [-0.39, 0.29) is 6.61 Å². The number of carbonyl (C=O) groups excluding carboxylic acids is 1. The van der Waals surface area contributed by atoms with Crippen LogP contribution in [0, 0.1) is 0 Å². The Morgan fingerprint density at radius 3 is 2.69 bits per heavy atom. The molecule has 0 bridgehead atoms. The van der Waals surface area contributed by atoms with E-state index in [2.05, 4.69) is 4.74 Å². The standard InChI is InChI=1S/C8H17NO4/c1-3-13-8(10)7(9)6-12-5-4-11-2/h7H,3-6,9H2,1-2H3/t7-/m0/s1. The maximum atomic E-state index is 10.9. The van der Waals surface area contributed by atoms with Crippen molar-refractivity contribution in [2.45, 2.75) is 13.0 Å². The number of esters is 1. The Kier molecular flexibility index (Phi) is 7.57. The first-order valence-electron chi connectivity index (χ1n) is 4.21. The highest BCUT2D eigenvalue weighted by Gasteiger charge is 2.13. The van der Waals surface area contributed by atoms with Crippen molar-refractivity contribution in [3.8, 4) is 0 Å². The van der Waals surface area contributed by atoms with E-state index in [0.29, 0.717) is 19.8 Å². The van der Waals surface area contributed by atoms with E-state index in [1.54, 1.807) is 14.0 Å². The second kappa shape index (κ2) is 7.97. The van der Waals surface area contributed by atoms with Crippen molar-refractivity contribution in [2.24, 2.45) is 5.73 Å². The zero-order valence-electron chi connectivity index (χ0n) is 8.12. The molecule has 0 unspecified atom stereocenters. The van der Waals surface area contributed by atoms with Crippen LogP contribution in [0.3, 0.4) is 0 Å². The summed E-state index contributed by atoms with van der Waals surface area (Å²) >= 11 is 0. The summed E-state index contributed by atoms with van der Waals surface area (Å²) in [5, 5.41) is 0. The lowest BCUT2D eigenvalue weighted by Gasteiger charge is -2.10. The highest BCUT2D eigenvalue weighted by atomic mass is 16.5. The van der Waals surface area contributed by atoms with Gasteiger partial charge in [0.1, 0.15) is 6.04 Å². The summed E-state index contributed by atoms with van der Waals surface area (Å²) in [4.78, 5) is 10.9. The second-order valence-corrected chi connectivity index (χ2v) is 2.43. The number of ether oxygens (including phenoxy) is 3. The van der Waals surface area contributed by atoms with Crippen molar-refractivity contribution in [3.05, 3.63) is 0 Å². The Balaban J connectivity index is 3.38. The van der Waals surface area contributed by atoms with Crippen molar-refractivity contribution in [1.29, 1.82) is 0 Å². The first-order chi connectivity index (χ1) is 6.22. The zero-order chi connectivity index (χ0) is 10.1. The van der Waals surface area contributed by atoms with E-state index in [9.17, 15) is 4.79 Å². The van der Waals surface area contributed by atoms with Gasteiger partial charge in [-0.2, -0.15) is 0 Å². The number of hydrogen-bond acceptors (Lipinski definition) is 5. The van der Waals surface area contributed by atoms with Gasteiger partial charge in [-0.1, -0.05) is 0 Å². The lowest BCUT2D eigenvalue weighted by molar-refractivity contribution is -0.146. The molecule has 0 aliphatic heterocycles. The van der Waals surface area contributed by atoms with E-state index < -0.39 is 12.0 Å². The van der Waals surface area contributed by atoms with Crippen molar-refractivity contribution >= 4 is 5.97 Å². The summed E-state index contributed by atoms with van der Waals surface area (Å²) in [5.74, 6) is -0.431. The number of rotatable bonds is 7. The van der Waals surface area contributed by atoms with Crippen LogP contribution >= 0.6 is 0 Å². The number of methoxy groups -OCH3 is 1. The molecule has 0 aromatic carbocycles. The quantitative estimate of drug-likeness (QED) is 0.435. The fraction of sp³-hybridized carbons (Fsp3) is 0.875. The average Bonchev–Trinajstić information content (AvgIpc) is 2.12. The molecular weight excluding hydrogens is 174 g/mol. The van der Waals surface area contributed by atoms with Crippen LogP contribution in [0.25, 0.3) is 0 Å². The summed E-state index contributed by atoms with van der Waals surface area (Å²) in [7, 11) is 1.58. The van der Waals surface area contributed by atoms with Gasteiger partial charge in [-0.15, -0.1) is 0 Å². The summed E-state index contributed by atoms with van der Waals surface area (Å²) in [6, 6.07) is -0.697. The minimum atomic E-state index is -0.697. The average molecular weight is 191 g/mol. The molecule has 0 aliphatic carbocycles.